The average Bonchev–Trinajstić information content (AvgIpc) is 3.50. The van der Waals surface area contributed by atoms with E-state index in [1.54, 1.807) is 36.1 Å². The largest absolute Gasteiger partial charge is 0.497 e. The predicted molar refractivity (Wildman–Crippen MR) is 121 cm³/mol. The summed E-state index contributed by atoms with van der Waals surface area (Å²) in [6.07, 6.45) is -1.04. The number of carbonyl (C=O) groups is 2. The molecule has 162 valence electrons. The summed E-state index contributed by atoms with van der Waals surface area (Å²) in [4.78, 5) is 30.4. The van der Waals surface area contributed by atoms with Gasteiger partial charge in [-0.15, -0.1) is 16.4 Å². The van der Waals surface area contributed by atoms with Gasteiger partial charge in [-0.1, -0.05) is 24.3 Å². The molecule has 1 amide bonds. The number of para-hydroxylation sites is 1. The summed E-state index contributed by atoms with van der Waals surface area (Å²) >= 11 is 1.48. The highest BCUT2D eigenvalue weighted by atomic mass is 32.1. The van der Waals surface area contributed by atoms with E-state index in [9.17, 15) is 9.59 Å². The highest BCUT2D eigenvalue weighted by Gasteiger charge is 2.24. The number of amides is 1. The predicted octanol–water partition coefficient (Wildman–Crippen LogP) is 4.19. The molecule has 0 spiro atoms. The minimum Gasteiger partial charge on any atom is -0.497 e. The van der Waals surface area contributed by atoms with Gasteiger partial charge < -0.3 is 14.8 Å². The van der Waals surface area contributed by atoms with Crippen molar-refractivity contribution in [3.8, 4) is 22.1 Å². The second kappa shape index (κ2) is 9.44. The number of nitrogens with one attached hydrogen (secondary N) is 1. The lowest BCUT2D eigenvalue weighted by Crippen LogP contribution is -2.30. The molecule has 2 aromatic heterocycles. The number of anilines is 1. The van der Waals surface area contributed by atoms with Gasteiger partial charge in [0.05, 0.1) is 17.7 Å². The van der Waals surface area contributed by atoms with Gasteiger partial charge in [0.1, 0.15) is 5.75 Å². The maximum absolute atomic E-state index is 12.7. The molecule has 2 aromatic carbocycles. The zero-order chi connectivity index (χ0) is 22.5. The molecule has 0 saturated carbocycles. The normalized spacial score (nSPS) is 11.6. The molecule has 0 aliphatic carbocycles. The molecule has 2 heterocycles. The molecule has 32 heavy (non-hydrogen) atoms. The summed E-state index contributed by atoms with van der Waals surface area (Å²) in [5.41, 5.74) is 1.32. The van der Waals surface area contributed by atoms with Crippen LogP contribution in [0.5, 0.6) is 5.75 Å². The van der Waals surface area contributed by atoms with Crippen LogP contribution in [0.1, 0.15) is 17.5 Å². The fourth-order valence-corrected chi connectivity index (χ4v) is 3.60. The number of rotatable bonds is 7. The third kappa shape index (κ3) is 4.68. The summed E-state index contributed by atoms with van der Waals surface area (Å²) in [5.74, 6) is -0.182. The molecule has 4 aromatic rings. The number of benzene rings is 2. The SMILES string of the molecule is COc1ccc(NC(=O)C(C)OC(=O)c2nc(-c3cccs3)n(-c3ccccc3)n2)cc1. The number of hydrogen-bond donors (Lipinski definition) is 1. The van der Waals surface area contributed by atoms with E-state index in [4.69, 9.17) is 9.47 Å². The van der Waals surface area contributed by atoms with Crippen molar-refractivity contribution in [1.29, 1.82) is 0 Å². The van der Waals surface area contributed by atoms with Gasteiger partial charge in [-0.25, -0.2) is 9.48 Å². The summed E-state index contributed by atoms with van der Waals surface area (Å²) in [7, 11) is 1.56. The zero-order valence-corrected chi connectivity index (χ0v) is 18.2. The second-order valence-corrected chi connectivity index (χ2v) is 7.70. The molecule has 8 nitrogen and oxygen atoms in total. The first kappa shape index (κ1) is 21.3. The molecule has 1 atom stereocenters. The lowest BCUT2D eigenvalue weighted by Gasteiger charge is -2.12. The van der Waals surface area contributed by atoms with Gasteiger partial charge in [0.25, 0.3) is 11.7 Å². The standard InChI is InChI=1S/C23H20N4O4S/c1-15(22(28)24-16-10-12-18(30-2)13-11-16)31-23(29)20-25-21(19-9-6-14-32-19)27(26-20)17-7-4-3-5-8-17/h3-15H,1-2H3,(H,24,28). The van der Waals surface area contributed by atoms with Crippen LogP contribution < -0.4 is 10.1 Å². The minimum absolute atomic E-state index is 0.124. The number of nitrogens with zero attached hydrogens (tertiary/aromatic N) is 3. The first-order chi connectivity index (χ1) is 15.5. The third-order valence-corrected chi connectivity index (χ3v) is 5.41. The smallest absolute Gasteiger partial charge is 0.379 e. The third-order valence-electron chi connectivity index (χ3n) is 4.54. The van der Waals surface area contributed by atoms with E-state index < -0.39 is 18.0 Å². The van der Waals surface area contributed by atoms with Crippen molar-refractivity contribution in [2.24, 2.45) is 0 Å². The van der Waals surface area contributed by atoms with Crippen molar-refractivity contribution in [2.75, 3.05) is 12.4 Å². The Morgan fingerprint density at radius 2 is 1.78 bits per heavy atom. The van der Waals surface area contributed by atoms with Crippen LogP contribution in [0.15, 0.2) is 72.1 Å². The minimum atomic E-state index is -1.04. The van der Waals surface area contributed by atoms with E-state index in [0.717, 1.165) is 10.6 Å². The Balaban J connectivity index is 1.50. The molecule has 0 aliphatic rings. The highest BCUT2D eigenvalue weighted by molar-refractivity contribution is 7.13. The lowest BCUT2D eigenvalue weighted by molar-refractivity contribution is -0.123. The topological polar surface area (TPSA) is 95.3 Å². The van der Waals surface area contributed by atoms with Crippen molar-refractivity contribution in [2.45, 2.75) is 13.0 Å². The fourth-order valence-electron chi connectivity index (χ4n) is 2.90. The molecule has 1 N–H and O–H groups in total. The van der Waals surface area contributed by atoms with E-state index in [0.29, 0.717) is 17.3 Å². The monoisotopic (exact) mass is 448 g/mol. The first-order valence-electron chi connectivity index (χ1n) is 9.77. The quantitative estimate of drug-likeness (QED) is 0.426. The Hall–Kier alpha value is -3.98. The van der Waals surface area contributed by atoms with Crippen molar-refractivity contribution < 1.29 is 19.1 Å². The summed E-state index contributed by atoms with van der Waals surface area (Å²) < 4.78 is 12.0. The van der Waals surface area contributed by atoms with E-state index in [1.165, 1.54) is 18.3 Å². The Labute approximate surface area is 188 Å². The van der Waals surface area contributed by atoms with Gasteiger partial charge in [-0.2, -0.15) is 4.98 Å². The number of methoxy groups -OCH3 is 1. The van der Waals surface area contributed by atoms with Crippen molar-refractivity contribution in [3.63, 3.8) is 0 Å². The van der Waals surface area contributed by atoms with Gasteiger partial charge in [0.2, 0.25) is 0 Å². The number of thiophene rings is 1. The number of aromatic nitrogens is 3. The van der Waals surface area contributed by atoms with E-state index in [2.05, 4.69) is 15.4 Å². The van der Waals surface area contributed by atoms with Crippen molar-refractivity contribution >= 4 is 28.9 Å². The van der Waals surface area contributed by atoms with Gasteiger partial charge in [-0.3, -0.25) is 4.79 Å². The Morgan fingerprint density at radius 1 is 1.03 bits per heavy atom. The van der Waals surface area contributed by atoms with Crippen LogP contribution in [-0.2, 0) is 9.53 Å². The summed E-state index contributed by atoms with van der Waals surface area (Å²) in [5, 5.41) is 8.96. The molecule has 9 heteroatoms. The maximum atomic E-state index is 12.7. The van der Waals surface area contributed by atoms with E-state index in [-0.39, 0.29) is 5.82 Å². The van der Waals surface area contributed by atoms with Gasteiger partial charge >= 0.3 is 5.97 Å². The van der Waals surface area contributed by atoms with Gasteiger partial charge in [-0.05, 0) is 54.8 Å². The summed E-state index contributed by atoms with van der Waals surface area (Å²) in [6.45, 7) is 1.49. The Kier molecular flexibility index (Phi) is 6.27. The molecular weight excluding hydrogens is 428 g/mol. The van der Waals surface area contributed by atoms with Gasteiger partial charge in [0, 0.05) is 5.69 Å². The maximum Gasteiger partial charge on any atom is 0.379 e. The van der Waals surface area contributed by atoms with Crippen LogP contribution in [0.2, 0.25) is 0 Å². The Bertz CT molecular complexity index is 1200. The van der Waals surface area contributed by atoms with Crippen LogP contribution in [0.3, 0.4) is 0 Å². The zero-order valence-electron chi connectivity index (χ0n) is 17.4. The van der Waals surface area contributed by atoms with Crippen LogP contribution in [0, 0.1) is 0 Å². The second-order valence-electron chi connectivity index (χ2n) is 6.75. The number of esters is 1. The lowest BCUT2D eigenvalue weighted by atomic mass is 10.3. The number of hydrogen-bond acceptors (Lipinski definition) is 7. The average molecular weight is 449 g/mol. The highest BCUT2D eigenvalue weighted by Crippen LogP contribution is 2.25. The molecule has 0 aliphatic heterocycles. The Morgan fingerprint density at radius 3 is 2.44 bits per heavy atom. The van der Waals surface area contributed by atoms with Crippen molar-refractivity contribution in [1.82, 2.24) is 14.8 Å². The first-order valence-corrected chi connectivity index (χ1v) is 10.7. The van der Waals surface area contributed by atoms with E-state index in [1.807, 2.05) is 47.8 Å². The van der Waals surface area contributed by atoms with Crippen LogP contribution >= 0.6 is 11.3 Å². The van der Waals surface area contributed by atoms with Crippen LogP contribution in [0.25, 0.3) is 16.4 Å². The molecule has 0 fully saturated rings. The number of carbonyl (C=O) groups excluding carboxylic acids is 2. The fraction of sp³-hybridized carbons (Fsp3) is 0.130. The molecule has 0 radical (unpaired) electrons. The molecule has 0 saturated heterocycles. The van der Waals surface area contributed by atoms with Crippen molar-refractivity contribution in [3.05, 3.63) is 77.9 Å². The molecule has 0 bridgehead atoms. The van der Waals surface area contributed by atoms with Crippen LogP contribution in [0.4, 0.5) is 5.69 Å². The van der Waals surface area contributed by atoms with Gasteiger partial charge in [0.15, 0.2) is 11.9 Å². The van der Waals surface area contributed by atoms with E-state index >= 15 is 0 Å². The van der Waals surface area contributed by atoms with Crippen LogP contribution in [-0.4, -0.2) is 39.9 Å². The number of ether oxygens (including phenoxy) is 2. The summed E-state index contributed by atoms with van der Waals surface area (Å²) in [6, 6.07) is 20.0. The molecule has 4 rings (SSSR count). The molecular formula is C23H20N4O4S. The molecule has 1 unspecified atom stereocenters.